The van der Waals surface area contributed by atoms with E-state index in [1.165, 1.54) is 30.5 Å². The molecule has 1 aromatic carbocycles. The van der Waals surface area contributed by atoms with Crippen LogP contribution in [-0.2, 0) is 26.2 Å². The Labute approximate surface area is 168 Å². The standard InChI is InChI=1S/C18H24N4O6S/c1-18(2,3)16(24)28-11-10-22(12-21-9-8-15(23)20-17(21)25)29(26,27)14-6-4-13(19)5-7-14/h4-9H,10-12,19H2,1-3H3,(H,20,23,25). The number of carbonyl (C=O) groups is 1. The van der Waals surface area contributed by atoms with E-state index >= 15 is 0 Å². The Bertz CT molecular complexity index is 1080. The highest BCUT2D eigenvalue weighted by Gasteiger charge is 2.27. The normalized spacial score (nSPS) is 12.1. The van der Waals surface area contributed by atoms with Crippen molar-refractivity contribution in [2.45, 2.75) is 32.3 Å². The second kappa shape index (κ2) is 8.62. The molecule has 0 amide bonds. The molecule has 0 unspecified atom stereocenters. The number of nitrogens with two attached hydrogens (primary N) is 1. The van der Waals surface area contributed by atoms with Crippen LogP contribution in [0.2, 0.25) is 0 Å². The first-order valence-corrected chi connectivity index (χ1v) is 10.2. The molecule has 10 nitrogen and oxygen atoms in total. The number of ether oxygens (including phenoxy) is 1. The van der Waals surface area contributed by atoms with Crippen LogP contribution in [0.1, 0.15) is 20.8 Å². The predicted octanol–water partition coefficient (Wildman–Crippen LogP) is 0.357. The summed E-state index contributed by atoms with van der Waals surface area (Å²) in [5.41, 5.74) is 3.91. The van der Waals surface area contributed by atoms with Gasteiger partial charge in [-0.3, -0.25) is 19.1 Å². The summed E-state index contributed by atoms with van der Waals surface area (Å²) in [5, 5.41) is 0. The molecule has 0 bridgehead atoms. The van der Waals surface area contributed by atoms with Gasteiger partial charge in [0, 0.05) is 18.0 Å². The van der Waals surface area contributed by atoms with E-state index in [1.54, 1.807) is 20.8 Å². The van der Waals surface area contributed by atoms with Crippen LogP contribution in [0.5, 0.6) is 0 Å². The highest BCUT2D eigenvalue weighted by atomic mass is 32.2. The zero-order valence-electron chi connectivity index (χ0n) is 16.4. The van der Waals surface area contributed by atoms with E-state index in [9.17, 15) is 22.8 Å². The van der Waals surface area contributed by atoms with Gasteiger partial charge in [0.05, 0.1) is 23.5 Å². The fourth-order valence-electron chi connectivity index (χ4n) is 2.24. The number of aromatic amines is 1. The van der Waals surface area contributed by atoms with E-state index in [0.29, 0.717) is 5.69 Å². The molecule has 0 saturated carbocycles. The highest BCUT2D eigenvalue weighted by molar-refractivity contribution is 7.89. The number of hydrogen-bond donors (Lipinski definition) is 2. The van der Waals surface area contributed by atoms with Gasteiger partial charge in [-0.25, -0.2) is 13.2 Å². The number of sulfonamides is 1. The lowest BCUT2D eigenvalue weighted by Gasteiger charge is -2.24. The third kappa shape index (κ3) is 5.78. The second-order valence-electron chi connectivity index (χ2n) is 7.36. The quantitative estimate of drug-likeness (QED) is 0.482. The molecular formula is C18H24N4O6S. The summed E-state index contributed by atoms with van der Waals surface area (Å²) >= 11 is 0. The van der Waals surface area contributed by atoms with Gasteiger partial charge in [0.25, 0.3) is 5.56 Å². The van der Waals surface area contributed by atoms with Gasteiger partial charge >= 0.3 is 11.7 Å². The van der Waals surface area contributed by atoms with Crippen molar-refractivity contribution in [2.24, 2.45) is 5.41 Å². The smallest absolute Gasteiger partial charge is 0.329 e. The monoisotopic (exact) mass is 424 g/mol. The molecule has 0 atom stereocenters. The van der Waals surface area contributed by atoms with E-state index in [1.807, 2.05) is 0 Å². The Morgan fingerprint density at radius 3 is 2.34 bits per heavy atom. The summed E-state index contributed by atoms with van der Waals surface area (Å²) in [5.74, 6) is -0.483. The largest absolute Gasteiger partial charge is 0.464 e. The summed E-state index contributed by atoms with van der Waals surface area (Å²) in [6.45, 7) is 4.26. The molecule has 11 heteroatoms. The predicted molar refractivity (Wildman–Crippen MR) is 106 cm³/mol. The van der Waals surface area contributed by atoms with Gasteiger partial charge in [0.1, 0.15) is 6.61 Å². The highest BCUT2D eigenvalue weighted by Crippen LogP contribution is 2.19. The zero-order chi connectivity index (χ0) is 21.8. The van der Waals surface area contributed by atoms with Crippen LogP contribution in [-0.4, -0.2) is 41.4 Å². The molecule has 0 radical (unpaired) electrons. The van der Waals surface area contributed by atoms with Gasteiger partial charge in [-0.15, -0.1) is 0 Å². The van der Waals surface area contributed by atoms with Gasteiger partial charge in [0.15, 0.2) is 0 Å². The van der Waals surface area contributed by atoms with Gasteiger partial charge in [0.2, 0.25) is 10.0 Å². The number of H-pyrrole nitrogens is 1. The molecule has 0 aliphatic carbocycles. The summed E-state index contributed by atoms with van der Waals surface area (Å²) < 4.78 is 33.3. The molecule has 0 spiro atoms. The number of anilines is 1. The minimum absolute atomic E-state index is 0.0358. The van der Waals surface area contributed by atoms with Crippen molar-refractivity contribution in [1.82, 2.24) is 13.9 Å². The topological polar surface area (TPSA) is 145 Å². The number of aromatic nitrogens is 2. The van der Waals surface area contributed by atoms with Crippen LogP contribution >= 0.6 is 0 Å². The fraction of sp³-hybridized carbons (Fsp3) is 0.389. The average Bonchev–Trinajstić information content (AvgIpc) is 2.62. The molecule has 158 valence electrons. The maximum atomic E-state index is 13.1. The number of benzene rings is 1. The van der Waals surface area contributed by atoms with Gasteiger partial charge < -0.3 is 10.5 Å². The van der Waals surface area contributed by atoms with Gasteiger partial charge in [-0.2, -0.15) is 4.31 Å². The third-order valence-electron chi connectivity index (χ3n) is 3.91. The molecular weight excluding hydrogens is 400 g/mol. The van der Waals surface area contributed by atoms with E-state index in [-0.39, 0.29) is 24.7 Å². The molecule has 2 aromatic rings. The first-order chi connectivity index (χ1) is 13.4. The molecule has 3 N–H and O–H groups in total. The number of carbonyl (C=O) groups excluding carboxylic acids is 1. The summed E-state index contributed by atoms with van der Waals surface area (Å²) in [6, 6.07) is 6.67. The van der Waals surface area contributed by atoms with Gasteiger partial charge in [-0.05, 0) is 45.0 Å². The number of rotatable bonds is 7. The summed E-state index contributed by atoms with van der Waals surface area (Å²) in [7, 11) is -4.04. The number of nitrogens with zero attached hydrogens (tertiary/aromatic N) is 2. The molecule has 1 aromatic heterocycles. The van der Waals surface area contributed by atoms with E-state index in [2.05, 4.69) is 4.98 Å². The van der Waals surface area contributed by atoms with Crippen LogP contribution in [0.4, 0.5) is 5.69 Å². The lowest BCUT2D eigenvalue weighted by atomic mass is 9.97. The Morgan fingerprint density at radius 2 is 1.79 bits per heavy atom. The third-order valence-corrected chi connectivity index (χ3v) is 5.76. The lowest BCUT2D eigenvalue weighted by Crippen LogP contribution is -2.41. The van der Waals surface area contributed by atoms with Crippen molar-refractivity contribution in [3.8, 4) is 0 Å². The maximum absolute atomic E-state index is 13.1. The molecule has 29 heavy (non-hydrogen) atoms. The minimum Gasteiger partial charge on any atom is -0.464 e. The number of nitrogen functional groups attached to an aromatic ring is 1. The minimum atomic E-state index is -4.04. The molecule has 0 aliphatic heterocycles. The Balaban J connectivity index is 2.31. The SMILES string of the molecule is CC(C)(C)C(=O)OCCN(Cn1ccc(=O)[nH]c1=O)S(=O)(=O)c1ccc(N)cc1. The second-order valence-corrected chi connectivity index (χ2v) is 9.29. The molecule has 1 heterocycles. The van der Waals surface area contributed by atoms with Crippen LogP contribution in [0.3, 0.4) is 0 Å². The van der Waals surface area contributed by atoms with E-state index in [0.717, 1.165) is 14.9 Å². The van der Waals surface area contributed by atoms with Crippen molar-refractivity contribution < 1.29 is 17.9 Å². The molecule has 0 fully saturated rings. The first kappa shape index (κ1) is 22.4. The van der Waals surface area contributed by atoms with Crippen molar-refractivity contribution in [1.29, 1.82) is 0 Å². The van der Waals surface area contributed by atoms with E-state index in [4.69, 9.17) is 10.5 Å². The maximum Gasteiger partial charge on any atom is 0.329 e. The first-order valence-electron chi connectivity index (χ1n) is 8.74. The van der Waals surface area contributed by atoms with Crippen LogP contribution in [0, 0.1) is 5.41 Å². The number of nitrogens with one attached hydrogen (secondary N) is 1. The van der Waals surface area contributed by atoms with Crippen molar-refractivity contribution in [2.75, 3.05) is 18.9 Å². The Kier molecular flexibility index (Phi) is 6.65. The fourth-order valence-corrected chi connectivity index (χ4v) is 3.61. The van der Waals surface area contributed by atoms with Crippen molar-refractivity contribution >= 4 is 21.7 Å². The Hall–Kier alpha value is -2.92. The van der Waals surface area contributed by atoms with Crippen LogP contribution in [0.25, 0.3) is 0 Å². The molecule has 2 rings (SSSR count). The van der Waals surface area contributed by atoms with Gasteiger partial charge in [-0.1, -0.05) is 0 Å². The zero-order valence-corrected chi connectivity index (χ0v) is 17.2. The lowest BCUT2D eigenvalue weighted by molar-refractivity contribution is -0.153. The number of esters is 1. The Morgan fingerprint density at radius 1 is 1.17 bits per heavy atom. The van der Waals surface area contributed by atoms with Crippen LogP contribution < -0.4 is 17.0 Å². The van der Waals surface area contributed by atoms with Crippen LogP contribution in [0.15, 0.2) is 51.0 Å². The molecule has 0 aliphatic rings. The van der Waals surface area contributed by atoms with E-state index < -0.39 is 32.7 Å². The summed E-state index contributed by atoms with van der Waals surface area (Å²) in [4.78, 5) is 37.2. The molecule has 0 saturated heterocycles. The van der Waals surface area contributed by atoms with Crippen molar-refractivity contribution in [3.05, 3.63) is 57.4 Å². The number of hydrogen-bond acceptors (Lipinski definition) is 7. The average molecular weight is 424 g/mol. The summed E-state index contributed by atoms with van der Waals surface area (Å²) in [6.07, 6.45) is 1.19. The van der Waals surface area contributed by atoms with Crippen molar-refractivity contribution in [3.63, 3.8) is 0 Å².